The lowest BCUT2D eigenvalue weighted by Gasteiger charge is -2.14. The molecule has 2 aromatic heterocycles. The number of nitrogens with one attached hydrogen (secondary N) is 1. The molecule has 0 saturated heterocycles. The number of aromatic nitrogens is 1. The number of halogens is 1. The van der Waals surface area contributed by atoms with Crippen molar-refractivity contribution in [3.8, 4) is 0 Å². The molecule has 1 unspecified atom stereocenters. The Hall–Kier alpha value is -0.870. The molecule has 0 aromatic carbocycles. The van der Waals surface area contributed by atoms with E-state index >= 15 is 0 Å². The summed E-state index contributed by atoms with van der Waals surface area (Å²) < 4.78 is 0.995. The van der Waals surface area contributed by atoms with Crippen molar-refractivity contribution in [3.05, 3.63) is 44.8 Å². The summed E-state index contributed by atoms with van der Waals surface area (Å²) in [6, 6.07) is 6.62. The minimum absolute atomic E-state index is 0.317. The fourth-order valence-corrected chi connectivity index (χ4v) is 2.73. The molecule has 0 radical (unpaired) electrons. The fraction of sp³-hybridized carbons (Fsp3) is 0.250. The zero-order valence-corrected chi connectivity index (χ0v) is 11.6. The Morgan fingerprint density at radius 3 is 2.81 bits per heavy atom. The molecule has 0 saturated carbocycles. The summed E-state index contributed by atoms with van der Waals surface area (Å²) in [6.45, 7) is 4.29. The lowest BCUT2D eigenvalue weighted by Crippen LogP contribution is -2.05. The van der Waals surface area contributed by atoms with Gasteiger partial charge in [0.2, 0.25) is 0 Å². The maximum Gasteiger partial charge on any atom is 0.0590 e. The summed E-state index contributed by atoms with van der Waals surface area (Å²) in [7, 11) is 0. The zero-order chi connectivity index (χ0) is 11.5. The third-order valence-electron chi connectivity index (χ3n) is 2.33. The van der Waals surface area contributed by atoms with E-state index in [1.165, 1.54) is 9.75 Å². The molecule has 0 aliphatic rings. The fourth-order valence-electron chi connectivity index (χ4n) is 1.48. The van der Waals surface area contributed by atoms with E-state index in [1.54, 1.807) is 12.4 Å². The van der Waals surface area contributed by atoms with Gasteiger partial charge in [0.25, 0.3) is 0 Å². The molecule has 2 rings (SSSR count). The highest BCUT2D eigenvalue weighted by molar-refractivity contribution is 9.10. The first kappa shape index (κ1) is 11.6. The van der Waals surface area contributed by atoms with Gasteiger partial charge in [0.15, 0.2) is 0 Å². The van der Waals surface area contributed by atoms with Crippen LogP contribution in [-0.2, 0) is 0 Å². The van der Waals surface area contributed by atoms with Crippen molar-refractivity contribution in [2.45, 2.75) is 19.9 Å². The third kappa shape index (κ3) is 2.62. The monoisotopic (exact) mass is 296 g/mol. The molecule has 0 spiro atoms. The van der Waals surface area contributed by atoms with Gasteiger partial charge in [0.1, 0.15) is 0 Å². The minimum atomic E-state index is 0.317. The maximum absolute atomic E-state index is 4.04. The molecule has 16 heavy (non-hydrogen) atoms. The van der Waals surface area contributed by atoms with Crippen LogP contribution in [0.25, 0.3) is 0 Å². The number of thiophene rings is 1. The van der Waals surface area contributed by atoms with Crippen molar-refractivity contribution in [3.63, 3.8) is 0 Å². The predicted molar refractivity (Wildman–Crippen MR) is 73.0 cm³/mol. The standard InChI is InChI=1S/C12H13BrN2S/c1-8-3-4-12(16-8)9(2)15-11-5-6-14-7-10(11)13/h3-7,9H,1-2H3,(H,14,15). The first-order valence-electron chi connectivity index (χ1n) is 5.09. The summed E-state index contributed by atoms with van der Waals surface area (Å²) in [5.41, 5.74) is 1.08. The summed E-state index contributed by atoms with van der Waals surface area (Å²) in [6.07, 6.45) is 3.59. The van der Waals surface area contributed by atoms with Crippen LogP contribution < -0.4 is 5.32 Å². The average Bonchev–Trinajstić information content (AvgIpc) is 2.68. The van der Waals surface area contributed by atoms with E-state index in [1.807, 2.05) is 17.4 Å². The second kappa shape index (κ2) is 4.97. The van der Waals surface area contributed by atoms with E-state index in [0.29, 0.717) is 6.04 Å². The van der Waals surface area contributed by atoms with Gasteiger partial charge in [0.05, 0.1) is 16.2 Å². The van der Waals surface area contributed by atoms with Crippen LogP contribution >= 0.6 is 27.3 Å². The normalized spacial score (nSPS) is 12.4. The molecule has 0 aliphatic carbocycles. The molecule has 0 amide bonds. The highest BCUT2D eigenvalue weighted by Gasteiger charge is 2.08. The zero-order valence-electron chi connectivity index (χ0n) is 9.20. The molecule has 2 aromatic rings. The molecule has 2 nitrogen and oxygen atoms in total. The van der Waals surface area contributed by atoms with Crippen molar-refractivity contribution in [1.29, 1.82) is 0 Å². The Kier molecular flexibility index (Phi) is 3.61. The largest absolute Gasteiger partial charge is 0.377 e. The van der Waals surface area contributed by atoms with Crippen LogP contribution in [0.3, 0.4) is 0 Å². The van der Waals surface area contributed by atoms with Gasteiger partial charge in [-0.3, -0.25) is 4.98 Å². The van der Waals surface area contributed by atoms with Gasteiger partial charge in [-0.2, -0.15) is 0 Å². The quantitative estimate of drug-likeness (QED) is 0.909. The smallest absolute Gasteiger partial charge is 0.0590 e. The van der Waals surface area contributed by atoms with Crippen LogP contribution in [0.2, 0.25) is 0 Å². The lowest BCUT2D eigenvalue weighted by molar-refractivity contribution is 0.905. The van der Waals surface area contributed by atoms with Gasteiger partial charge >= 0.3 is 0 Å². The number of hydrogen-bond acceptors (Lipinski definition) is 3. The van der Waals surface area contributed by atoms with Crippen molar-refractivity contribution < 1.29 is 0 Å². The summed E-state index contributed by atoms with van der Waals surface area (Å²) >= 11 is 5.31. The summed E-state index contributed by atoms with van der Waals surface area (Å²) in [4.78, 5) is 6.74. The van der Waals surface area contributed by atoms with E-state index in [-0.39, 0.29) is 0 Å². The molecule has 2 heterocycles. The number of pyridine rings is 1. The molecule has 0 bridgehead atoms. The van der Waals surface area contributed by atoms with Gasteiger partial charge < -0.3 is 5.32 Å². The van der Waals surface area contributed by atoms with Crippen LogP contribution in [-0.4, -0.2) is 4.98 Å². The molecule has 4 heteroatoms. The number of aryl methyl sites for hydroxylation is 1. The molecular formula is C12H13BrN2S. The first-order chi connectivity index (χ1) is 7.66. The second-order valence-corrected chi connectivity index (χ2v) is 5.84. The highest BCUT2D eigenvalue weighted by atomic mass is 79.9. The highest BCUT2D eigenvalue weighted by Crippen LogP contribution is 2.28. The Morgan fingerprint density at radius 1 is 1.38 bits per heavy atom. The minimum Gasteiger partial charge on any atom is -0.377 e. The number of hydrogen-bond donors (Lipinski definition) is 1. The Balaban J connectivity index is 2.13. The molecule has 0 aliphatic heterocycles. The molecular weight excluding hydrogens is 284 g/mol. The number of rotatable bonds is 3. The van der Waals surface area contributed by atoms with Crippen LogP contribution in [0.1, 0.15) is 22.7 Å². The molecule has 0 fully saturated rings. The topological polar surface area (TPSA) is 24.9 Å². The Morgan fingerprint density at radius 2 is 2.19 bits per heavy atom. The van der Waals surface area contributed by atoms with Crippen LogP contribution in [0, 0.1) is 6.92 Å². The number of nitrogens with zero attached hydrogens (tertiary/aromatic N) is 1. The van der Waals surface area contributed by atoms with Gasteiger partial charge in [-0.05, 0) is 48.0 Å². The van der Waals surface area contributed by atoms with Gasteiger partial charge in [-0.1, -0.05) is 0 Å². The SMILES string of the molecule is Cc1ccc(C(C)Nc2ccncc2Br)s1. The van der Waals surface area contributed by atoms with E-state index in [2.05, 4.69) is 52.2 Å². The van der Waals surface area contributed by atoms with Gasteiger partial charge in [-0.15, -0.1) is 11.3 Å². The first-order valence-corrected chi connectivity index (χ1v) is 6.70. The molecule has 1 N–H and O–H groups in total. The van der Waals surface area contributed by atoms with E-state index in [4.69, 9.17) is 0 Å². The second-order valence-electron chi connectivity index (χ2n) is 3.67. The average molecular weight is 297 g/mol. The van der Waals surface area contributed by atoms with Crippen LogP contribution in [0.15, 0.2) is 35.1 Å². The summed E-state index contributed by atoms with van der Waals surface area (Å²) in [5, 5.41) is 3.46. The van der Waals surface area contributed by atoms with E-state index in [9.17, 15) is 0 Å². The van der Waals surface area contributed by atoms with Gasteiger partial charge in [-0.25, -0.2) is 0 Å². The van der Waals surface area contributed by atoms with Crippen molar-refractivity contribution in [2.75, 3.05) is 5.32 Å². The third-order valence-corrected chi connectivity index (χ3v) is 4.15. The number of anilines is 1. The van der Waals surface area contributed by atoms with Crippen molar-refractivity contribution in [2.24, 2.45) is 0 Å². The van der Waals surface area contributed by atoms with Crippen molar-refractivity contribution in [1.82, 2.24) is 4.98 Å². The Bertz CT molecular complexity index is 481. The Labute approximate surface area is 108 Å². The molecule has 1 atom stereocenters. The predicted octanol–water partition coefficient (Wildman–Crippen LogP) is 4.39. The van der Waals surface area contributed by atoms with Gasteiger partial charge in [0, 0.05) is 22.1 Å². The van der Waals surface area contributed by atoms with Crippen LogP contribution in [0.4, 0.5) is 5.69 Å². The summed E-state index contributed by atoms with van der Waals surface area (Å²) in [5.74, 6) is 0. The van der Waals surface area contributed by atoms with E-state index in [0.717, 1.165) is 10.2 Å². The maximum atomic E-state index is 4.04. The van der Waals surface area contributed by atoms with Crippen LogP contribution in [0.5, 0.6) is 0 Å². The lowest BCUT2D eigenvalue weighted by atomic mass is 10.2. The van der Waals surface area contributed by atoms with E-state index < -0.39 is 0 Å². The molecule has 84 valence electrons. The van der Waals surface area contributed by atoms with Crippen molar-refractivity contribution >= 4 is 33.0 Å².